The molecular weight excluding hydrogens is 334 g/mol. The summed E-state index contributed by atoms with van der Waals surface area (Å²) in [6, 6.07) is 12.5. The van der Waals surface area contributed by atoms with Gasteiger partial charge in [0.2, 0.25) is 0 Å². The quantitative estimate of drug-likeness (QED) is 0.779. The molecule has 1 aliphatic rings. The summed E-state index contributed by atoms with van der Waals surface area (Å²) in [5, 5.41) is 0. The lowest BCUT2D eigenvalue weighted by atomic mass is 9.97. The van der Waals surface area contributed by atoms with Crippen molar-refractivity contribution < 1.29 is 4.79 Å². The Morgan fingerprint density at radius 2 is 1.93 bits per heavy atom. The summed E-state index contributed by atoms with van der Waals surface area (Å²) in [5.74, 6) is 0.744. The number of carbonyl (C=O) groups excluding carboxylic acids is 1. The molecule has 1 aliphatic heterocycles. The Hall–Kier alpha value is -2.07. The minimum atomic E-state index is 0.181. The number of nitrogens with zero attached hydrogens (tertiary/aromatic N) is 3. The summed E-state index contributed by atoms with van der Waals surface area (Å²) in [5.41, 5.74) is 4.34. The molecule has 1 aromatic heterocycles. The van der Waals surface area contributed by atoms with Gasteiger partial charge < -0.3 is 14.4 Å². The van der Waals surface area contributed by atoms with Crippen LogP contribution in [0, 0.1) is 19.8 Å². The number of piperidine rings is 1. The number of likely N-dealkylation sites (tertiary alicyclic amines) is 1. The van der Waals surface area contributed by atoms with Crippen LogP contribution < -0.4 is 0 Å². The summed E-state index contributed by atoms with van der Waals surface area (Å²) in [7, 11) is 4.22. The van der Waals surface area contributed by atoms with Crippen molar-refractivity contribution in [3.05, 3.63) is 58.9 Å². The molecule has 2 heterocycles. The normalized spacial score (nSPS) is 17.9. The van der Waals surface area contributed by atoms with E-state index in [0.29, 0.717) is 5.92 Å². The Morgan fingerprint density at radius 1 is 1.19 bits per heavy atom. The van der Waals surface area contributed by atoms with Crippen LogP contribution in [-0.4, -0.2) is 53.5 Å². The third-order valence-corrected chi connectivity index (χ3v) is 6.01. The smallest absolute Gasteiger partial charge is 0.255 e. The molecule has 1 atom stereocenters. The second-order valence-corrected chi connectivity index (χ2v) is 8.10. The van der Waals surface area contributed by atoms with Crippen molar-refractivity contribution in [2.24, 2.45) is 13.0 Å². The van der Waals surface area contributed by atoms with Crippen LogP contribution in [0.5, 0.6) is 0 Å². The van der Waals surface area contributed by atoms with E-state index in [4.69, 9.17) is 0 Å². The molecule has 0 radical (unpaired) electrons. The Kier molecular flexibility index (Phi) is 6.38. The van der Waals surface area contributed by atoms with E-state index >= 15 is 0 Å². The van der Waals surface area contributed by atoms with Gasteiger partial charge in [0.15, 0.2) is 0 Å². The molecule has 0 saturated carbocycles. The molecule has 0 aliphatic carbocycles. The number of aryl methyl sites for hydroxylation is 1. The second kappa shape index (κ2) is 8.75. The van der Waals surface area contributed by atoms with E-state index in [9.17, 15) is 4.79 Å². The van der Waals surface area contributed by atoms with E-state index in [0.717, 1.165) is 43.0 Å². The zero-order chi connectivity index (χ0) is 19.4. The van der Waals surface area contributed by atoms with E-state index in [1.165, 1.54) is 24.9 Å². The van der Waals surface area contributed by atoms with Gasteiger partial charge in [-0.05, 0) is 64.3 Å². The largest absolute Gasteiger partial charge is 0.351 e. The SMILES string of the molecule is Cc1cc(C(=O)N(CCc2ccccc2)C[C@H]2CCCN(C)C2)c(C)n1C. The summed E-state index contributed by atoms with van der Waals surface area (Å²) < 4.78 is 2.11. The van der Waals surface area contributed by atoms with Crippen molar-refractivity contribution >= 4 is 5.91 Å². The van der Waals surface area contributed by atoms with Crippen LogP contribution in [0.25, 0.3) is 0 Å². The topological polar surface area (TPSA) is 28.5 Å². The fourth-order valence-electron chi connectivity index (χ4n) is 4.16. The van der Waals surface area contributed by atoms with E-state index in [-0.39, 0.29) is 5.91 Å². The molecule has 0 spiro atoms. The van der Waals surface area contributed by atoms with Crippen molar-refractivity contribution in [1.29, 1.82) is 0 Å². The summed E-state index contributed by atoms with van der Waals surface area (Å²) in [4.78, 5) is 17.9. The second-order valence-electron chi connectivity index (χ2n) is 8.10. The summed E-state index contributed by atoms with van der Waals surface area (Å²) >= 11 is 0. The molecule has 1 aromatic carbocycles. The minimum Gasteiger partial charge on any atom is -0.351 e. The Labute approximate surface area is 163 Å². The van der Waals surface area contributed by atoms with E-state index in [2.05, 4.69) is 52.6 Å². The standard InChI is InChI=1S/C23H33N3O/c1-18-15-22(19(2)25(18)4)23(27)26(14-12-20-9-6-5-7-10-20)17-21-11-8-13-24(3)16-21/h5-7,9-10,15,21H,8,11-14,16-17H2,1-4H3/t21-/m0/s1. The van der Waals surface area contributed by atoms with Crippen LogP contribution in [-0.2, 0) is 13.5 Å². The number of rotatable bonds is 6. The molecule has 0 bridgehead atoms. The highest BCUT2D eigenvalue weighted by Crippen LogP contribution is 2.20. The maximum absolute atomic E-state index is 13.4. The number of hydrogen-bond donors (Lipinski definition) is 0. The lowest BCUT2D eigenvalue weighted by Gasteiger charge is -2.34. The molecule has 4 nitrogen and oxygen atoms in total. The highest BCUT2D eigenvalue weighted by molar-refractivity contribution is 5.95. The molecule has 1 saturated heterocycles. The zero-order valence-electron chi connectivity index (χ0n) is 17.2. The van der Waals surface area contributed by atoms with Crippen molar-refractivity contribution in [2.45, 2.75) is 33.1 Å². The van der Waals surface area contributed by atoms with Gasteiger partial charge in [-0.3, -0.25) is 4.79 Å². The molecule has 3 rings (SSSR count). The number of amides is 1. The molecule has 4 heteroatoms. The van der Waals surface area contributed by atoms with Crippen molar-refractivity contribution in [2.75, 3.05) is 33.2 Å². The maximum Gasteiger partial charge on any atom is 0.255 e. The highest BCUT2D eigenvalue weighted by Gasteiger charge is 2.25. The van der Waals surface area contributed by atoms with Gasteiger partial charge in [0.05, 0.1) is 5.56 Å². The fourth-order valence-corrected chi connectivity index (χ4v) is 4.16. The van der Waals surface area contributed by atoms with Gasteiger partial charge in [-0.2, -0.15) is 0 Å². The van der Waals surface area contributed by atoms with Gasteiger partial charge in [0, 0.05) is 38.1 Å². The lowest BCUT2D eigenvalue weighted by molar-refractivity contribution is 0.0692. The first-order valence-corrected chi connectivity index (χ1v) is 10.1. The average molecular weight is 368 g/mol. The summed E-state index contributed by atoms with van der Waals surface area (Å²) in [6.07, 6.45) is 3.34. The lowest BCUT2D eigenvalue weighted by Crippen LogP contribution is -2.42. The predicted molar refractivity (Wildman–Crippen MR) is 111 cm³/mol. The molecular formula is C23H33N3O. The first kappa shape index (κ1) is 19.7. The molecule has 2 aromatic rings. The predicted octanol–water partition coefficient (Wildman–Crippen LogP) is 3.67. The van der Waals surface area contributed by atoms with Crippen LogP contribution in [0.15, 0.2) is 36.4 Å². The third-order valence-electron chi connectivity index (χ3n) is 6.01. The van der Waals surface area contributed by atoms with Crippen LogP contribution in [0.4, 0.5) is 0 Å². The van der Waals surface area contributed by atoms with Gasteiger partial charge in [0.1, 0.15) is 0 Å². The van der Waals surface area contributed by atoms with E-state index < -0.39 is 0 Å². The fraction of sp³-hybridized carbons (Fsp3) is 0.522. The molecule has 27 heavy (non-hydrogen) atoms. The number of aromatic nitrogens is 1. The van der Waals surface area contributed by atoms with Gasteiger partial charge in [-0.15, -0.1) is 0 Å². The van der Waals surface area contributed by atoms with Crippen LogP contribution in [0.2, 0.25) is 0 Å². The van der Waals surface area contributed by atoms with E-state index in [1.54, 1.807) is 0 Å². The molecule has 0 unspecified atom stereocenters. The Bertz CT molecular complexity index is 765. The summed E-state index contributed by atoms with van der Waals surface area (Å²) in [6.45, 7) is 7.99. The van der Waals surface area contributed by atoms with Gasteiger partial charge in [-0.25, -0.2) is 0 Å². The van der Waals surface area contributed by atoms with Gasteiger partial charge in [0.25, 0.3) is 5.91 Å². The molecule has 0 N–H and O–H groups in total. The van der Waals surface area contributed by atoms with E-state index in [1.807, 2.05) is 26.1 Å². The van der Waals surface area contributed by atoms with Crippen molar-refractivity contribution in [3.8, 4) is 0 Å². The maximum atomic E-state index is 13.4. The first-order valence-electron chi connectivity index (χ1n) is 10.1. The van der Waals surface area contributed by atoms with Crippen molar-refractivity contribution in [1.82, 2.24) is 14.4 Å². The minimum absolute atomic E-state index is 0.181. The monoisotopic (exact) mass is 367 g/mol. The van der Waals surface area contributed by atoms with Crippen LogP contribution in [0.1, 0.15) is 40.2 Å². The van der Waals surface area contributed by atoms with Crippen molar-refractivity contribution in [3.63, 3.8) is 0 Å². The third kappa shape index (κ3) is 4.81. The van der Waals surface area contributed by atoms with Crippen LogP contribution in [0.3, 0.4) is 0 Å². The number of carbonyl (C=O) groups is 1. The Morgan fingerprint density at radius 3 is 2.56 bits per heavy atom. The first-order chi connectivity index (χ1) is 13.0. The molecule has 1 fully saturated rings. The average Bonchev–Trinajstić information content (AvgIpc) is 2.93. The highest BCUT2D eigenvalue weighted by atomic mass is 16.2. The van der Waals surface area contributed by atoms with Crippen LogP contribution >= 0.6 is 0 Å². The van der Waals surface area contributed by atoms with Gasteiger partial charge in [-0.1, -0.05) is 30.3 Å². The Balaban J connectivity index is 1.77. The number of hydrogen-bond acceptors (Lipinski definition) is 2. The zero-order valence-corrected chi connectivity index (χ0v) is 17.2. The number of benzene rings is 1. The van der Waals surface area contributed by atoms with Gasteiger partial charge >= 0.3 is 0 Å². The molecule has 146 valence electrons. The molecule has 1 amide bonds.